The zero-order valence-electron chi connectivity index (χ0n) is 17.6. The fraction of sp³-hybridized carbons (Fsp3) is 0.250. The molecule has 8 nitrogen and oxygen atoms in total. The van der Waals surface area contributed by atoms with E-state index in [0.29, 0.717) is 17.5 Å². The van der Waals surface area contributed by atoms with Crippen molar-refractivity contribution in [1.82, 2.24) is 19.7 Å². The van der Waals surface area contributed by atoms with E-state index >= 15 is 0 Å². The Hall–Kier alpha value is -3.94. The number of ether oxygens (including phenoxy) is 1. The van der Waals surface area contributed by atoms with E-state index in [4.69, 9.17) is 15.6 Å². The molecule has 0 saturated heterocycles. The van der Waals surface area contributed by atoms with Gasteiger partial charge in [-0.15, -0.1) is 0 Å². The summed E-state index contributed by atoms with van der Waals surface area (Å²) in [7, 11) is 0. The highest BCUT2D eigenvalue weighted by Crippen LogP contribution is 2.36. The molecule has 8 heteroatoms. The fourth-order valence-corrected chi connectivity index (χ4v) is 4.19. The molecule has 5 rings (SSSR count). The molecule has 1 aliphatic rings. The van der Waals surface area contributed by atoms with Crippen molar-refractivity contribution in [3.63, 3.8) is 0 Å². The molecular weight excluding hydrogens is 404 g/mol. The van der Waals surface area contributed by atoms with Crippen LogP contribution in [0.3, 0.4) is 0 Å². The molecule has 2 aromatic carbocycles. The third-order valence-corrected chi connectivity index (χ3v) is 5.81. The van der Waals surface area contributed by atoms with Crippen LogP contribution < -0.4 is 11.1 Å². The molecule has 1 amide bonds. The molecule has 0 radical (unpaired) electrons. The normalized spacial score (nSPS) is 14.0. The van der Waals surface area contributed by atoms with Crippen molar-refractivity contribution in [2.45, 2.75) is 38.3 Å². The summed E-state index contributed by atoms with van der Waals surface area (Å²) in [6.07, 6.45) is 5.56. The van der Waals surface area contributed by atoms with Gasteiger partial charge >= 0.3 is 6.09 Å². The highest BCUT2D eigenvalue weighted by Gasteiger charge is 2.24. The van der Waals surface area contributed by atoms with Gasteiger partial charge in [-0.3, -0.25) is 5.32 Å². The van der Waals surface area contributed by atoms with Crippen molar-refractivity contribution < 1.29 is 9.53 Å². The van der Waals surface area contributed by atoms with Gasteiger partial charge in [-0.25, -0.2) is 19.4 Å². The van der Waals surface area contributed by atoms with E-state index in [9.17, 15) is 4.79 Å². The molecule has 0 bridgehead atoms. The van der Waals surface area contributed by atoms with Crippen molar-refractivity contribution in [3.8, 4) is 11.3 Å². The summed E-state index contributed by atoms with van der Waals surface area (Å²) in [6.45, 7) is 0.217. The lowest BCUT2D eigenvalue weighted by atomic mass is 10.1. The van der Waals surface area contributed by atoms with E-state index in [2.05, 4.69) is 15.3 Å². The predicted octanol–water partition coefficient (Wildman–Crippen LogP) is 4.94. The number of hydrogen-bond donors (Lipinski definition) is 2. The highest BCUT2D eigenvalue weighted by molar-refractivity contribution is 5.98. The van der Waals surface area contributed by atoms with E-state index in [-0.39, 0.29) is 6.61 Å². The number of amides is 1. The molecule has 4 aromatic rings. The van der Waals surface area contributed by atoms with Crippen molar-refractivity contribution in [3.05, 3.63) is 66.5 Å². The molecule has 32 heavy (non-hydrogen) atoms. The summed E-state index contributed by atoms with van der Waals surface area (Å²) < 4.78 is 7.28. The summed E-state index contributed by atoms with van der Waals surface area (Å²) in [4.78, 5) is 20.8. The first-order valence-electron chi connectivity index (χ1n) is 10.8. The second-order valence-corrected chi connectivity index (χ2v) is 7.95. The van der Waals surface area contributed by atoms with Gasteiger partial charge in [-0.2, -0.15) is 5.10 Å². The Bertz CT molecular complexity index is 1230. The van der Waals surface area contributed by atoms with Crippen LogP contribution in [0.5, 0.6) is 0 Å². The largest absolute Gasteiger partial charge is 0.444 e. The number of nitrogens with two attached hydrogens (primary N) is 1. The van der Waals surface area contributed by atoms with Crippen LogP contribution in [0.25, 0.3) is 22.3 Å². The molecule has 3 N–H and O–H groups in total. The van der Waals surface area contributed by atoms with Crippen molar-refractivity contribution in [2.75, 3.05) is 11.1 Å². The summed E-state index contributed by atoms with van der Waals surface area (Å²) in [5.74, 6) is 0.418. The predicted molar refractivity (Wildman–Crippen MR) is 123 cm³/mol. The lowest BCUT2D eigenvalue weighted by molar-refractivity contribution is 0.155. The summed E-state index contributed by atoms with van der Waals surface area (Å²) in [5.41, 5.74) is 10.2. The maximum Gasteiger partial charge on any atom is 0.411 e. The molecule has 0 aliphatic heterocycles. The Morgan fingerprint density at radius 2 is 1.81 bits per heavy atom. The molecule has 0 spiro atoms. The third-order valence-electron chi connectivity index (χ3n) is 5.81. The van der Waals surface area contributed by atoms with Crippen molar-refractivity contribution in [2.24, 2.45) is 0 Å². The molecule has 0 unspecified atom stereocenters. The van der Waals surface area contributed by atoms with Crippen LogP contribution in [-0.2, 0) is 11.3 Å². The van der Waals surface area contributed by atoms with Crippen LogP contribution in [-0.4, -0.2) is 25.8 Å². The number of aromatic nitrogens is 4. The Balaban J connectivity index is 1.35. The molecule has 0 atom stereocenters. The average molecular weight is 428 g/mol. The molecule has 1 saturated carbocycles. The Morgan fingerprint density at radius 1 is 1.06 bits per heavy atom. The number of carbonyl (C=O) groups is 1. The SMILES string of the molecule is Nc1ncnc2c1c(-c1ccc(NC(=O)OCc3ccccc3)cc1)nn2C1CCCC1. The van der Waals surface area contributed by atoms with Gasteiger partial charge in [0.15, 0.2) is 5.65 Å². The van der Waals surface area contributed by atoms with Crippen molar-refractivity contribution >= 4 is 28.6 Å². The lowest BCUT2D eigenvalue weighted by Crippen LogP contribution is -2.13. The minimum absolute atomic E-state index is 0.217. The summed E-state index contributed by atoms with van der Waals surface area (Å²) >= 11 is 0. The lowest BCUT2D eigenvalue weighted by Gasteiger charge is -2.10. The van der Waals surface area contributed by atoms with Gasteiger partial charge in [0.05, 0.1) is 11.4 Å². The van der Waals surface area contributed by atoms with Crippen LogP contribution >= 0.6 is 0 Å². The number of hydrogen-bond acceptors (Lipinski definition) is 6. The standard InChI is InChI=1S/C24H24N6O2/c25-22-20-21(29-30(19-8-4-5-9-19)23(20)27-15-26-22)17-10-12-18(13-11-17)28-24(31)32-14-16-6-2-1-3-7-16/h1-3,6-7,10-13,15,19H,4-5,8-9,14H2,(H,28,31)(H2,25,26,27). The van der Waals surface area contributed by atoms with Gasteiger partial charge in [0.25, 0.3) is 0 Å². The first-order chi connectivity index (χ1) is 15.7. The number of carbonyl (C=O) groups excluding carboxylic acids is 1. The van der Waals surface area contributed by atoms with Gasteiger partial charge in [0.1, 0.15) is 24.4 Å². The van der Waals surface area contributed by atoms with E-state index in [1.165, 1.54) is 19.2 Å². The second-order valence-electron chi connectivity index (χ2n) is 7.95. The third kappa shape index (κ3) is 3.99. The zero-order chi connectivity index (χ0) is 21.9. The molecule has 2 heterocycles. The zero-order valence-corrected chi connectivity index (χ0v) is 17.6. The smallest absolute Gasteiger partial charge is 0.411 e. The first-order valence-corrected chi connectivity index (χ1v) is 10.8. The van der Waals surface area contributed by atoms with E-state index in [1.54, 1.807) is 0 Å². The number of rotatable bonds is 5. The van der Waals surface area contributed by atoms with Crippen LogP contribution in [0.15, 0.2) is 60.9 Å². The fourth-order valence-electron chi connectivity index (χ4n) is 4.19. The van der Waals surface area contributed by atoms with Gasteiger partial charge in [0, 0.05) is 11.3 Å². The van der Waals surface area contributed by atoms with Crippen LogP contribution in [0.1, 0.15) is 37.3 Å². The highest BCUT2D eigenvalue weighted by atomic mass is 16.5. The Kier molecular flexibility index (Phi) is 5.41. The molecule has 1 aliphatic carbocycles. The first kappa shape index (κ1) is 20.0. The van der Waals surface area contributed by atoms with E-state index in [1.807, 2.05) is 59.3 Å². The van der Waals surface area contributed by atoms with Crippen LogP contribution in [0.2, 0.25) is 0 Å². The van der Waals surface area contributed by atoms with Gasteiger partial charge in [-0.1, -0.05) is 55.3 Å². The number of anilines is 2. The average Bonchev–Trinajstić information content (AvgIpc) is 3.48. The Labute approximate surface area is 185 Å². The maximum absolute atomic E-state index is 12.1. The minimum Gasteiger partial charge on any atom is -0.444 e. The van der Waals surface area contributed by atoms with Gasteiger partial charge in [-0.05, 0) is 30.5 Å². The second kappa shape index (κ2) is 8.66. The Morgan fingerprint density at radius 3 is 2.56 bits per heavy atom. The van der Waals surface area contributed by atoms with Crippen LogP contribution in [0.4, 0.5) is 16.3 Å². The summed E-state index contributed by atoms with van der Waals surface area (Å²) in [5, 5.41) is 8.40. The molecule has 2 aromatic heterocycles. The number of nitrogens with zero attached hydrogens (tertiary/aromatic N) is 4. The quantitative estimate of drug-likeness (QED) is 0.466. The maximum atomic E-state index is 12.1. The van der Waals surface area contributed by atoms with Gasteiger partial charge < -0.3 is 10.5 Å². The molecular formula is C24H24N6O2. The van der Waals surface area contributed by atoms with Gasteiger partial charge in [0.2, 0.25) is 0 Å². The van der Waals surface area contributed by atoms with Crippen molar-refractivity contribution in [1.29, 1.82) is 0 Å². The number of benzene rings is 2. The number of nitrogen functional groups attached to an aromatic ring is 1. The summed E-state index contributed by atoms with van der Waals surface area (Å²) in [6, 6.07) is 17.3. The monoisotopic (exact) mass is 428 g/mol. The van der Waals surface area contributed by atoms with Crippen LogP contribution in [0, 0.1) is 0 Å². The number of nitrogens with one attached hydrogen (secondary N) is 1. The number of fused-ring (bicyclic) bond motifs is 1. The topological polar surface area (TPSA) is 108 Å². The molecule has 1 fully saturated rings. The minimum atomic E-state index is -0.504. The van der Waals surface area contributed by atoms with E-state index < -0.39 is 6.09 Å². The van der Waals surface area contributed by atoms with E-state index in [0.717, 1.165) is 40.7 Å². The molecule has 162 valence electrons.